The number of para-hydroxylation sites is 1. The SMILES string of the molecule is Cc1cccc2nc(Cc3ccc(N)cc3)oc12. The molecule has 2 aromatic carbocycles. The van der Waals surface area contributed by atoms with Crippen LogP contribution in [0.5, 0.6) is 0 Å². The van der Waals surface area contributed by atoms with Crippen molar-refractivity contribution < 1.29 is 4.42 Å². The van der Waals surface area contributed by atoms with E-state index in [9.17, 15) is 0 Å². The molecule has 0 fully saturated rings. The van der Waals surface area contributed by atoms with E-state index in [1.807, 2.05) is 49.4 Å². The van der Waals surface area contributed by atoms with Crippen LogP contribution < -0.4 is 5.73 Å². The first-order valence-corrected chi connectivity index (χ1v) is 5.92. The van der Waals surface area contributed by atoms with Crippen LogP contribution in [0.15, 0.2) is 46.9 Å². The maximum Gasteiger partial charge on any atom is 0.199 e. The summed E-state index contributed by atoms with van der Waals surface area (Å²) in [5.74, 6) is 0.740. The van der Waals surface area contributed by atoms with Gasteiger partial charge in [0.25, 0.3) is 0 Å². The van der Waals surface area contributed by atoms with Crippen molar-refractivity contribution >= 4 is 16.8 Å². The summed E-state index contributed by atoms with van der Waals surface area (Å²) in [5, 5.41) is 0. The van der Waals surface area contributed by atoms with E-state index in [1.165, 1.54) is 0 Å². The lowest BCUT2D eigenvalue weighted by Crippen LogP contribution is -1.89. The molecule has 90 valence electrons. The molecule has 3 aromatic rings. The van der Waals surface area contributed by atoms with Crippen LogP contribution in [0.25, 0.3) is 11.1 Å². The number of benzene rings is 2. The van der Waals surface area contributed by atoms with Crippen LogP contribution in [-0.2, 0) is 6.42 Å². The zero-order valence-electron chi connectivity index (χ0n) is 10.2. The van der Waals surface area contributed by atoms with E-state index in [2.05, 4.69) is 4.98 Å². The summed E-state index contributed by atoms with van der Waals surface area (Å²) < 4.78 is 5.79. The molecule has 0 aliphatic rings. The molecule has 0 atom stereocenters. The minimum atomic E-state index is 0.689. The van der Waals surface area contributed by atoms with Gasteiger partial charge in [-0.15, -0.1) is 0 Å². The summed E-state index contributed by atoms with van der Waals surface area (Å²) in [5.41, 5.74) is 10.5. The van der Waals surface area contributed by atoms with Crippen molar-refractivity contribution in [2.75, 3.05) is 5.73 Å². The average molecular weight is 238 g/mol. The van der Waals surface area contributed by atoms with Gasteiger partial charge in [-0.3, -0.25) is 0 Å². The molecular formula is C15H14N2O. The number of nitrogens with zero attached hydrogens (tertiary/aromatic N) is 1. The summed E-state index contributed by atoms with van der Waals surface area (Å²) in [4.78, 5) is 4.49. The Morgan fingerprint density at radius 1 is 1.11 bits per heavy atom. The zero-order valence-corrected chi connectivity index (χ0v) is 10.2. The van der Waals surface area contributed by atoms with Crippen LogP contribution >= 0.6 is 0 Å². The fraction of sp³-hybridized carbons (Fsp3) is 0.133. The number of nitrogens with two attached hydrogens (primary N) is 1. The minimum Gasteiger partial charge on any atom is -0.440 e. The molecular weight excluding hydrogens is 224 g/mol. The van der Waals surface area contributed by atoms with E-state index in [0.717, 1.165) is 33.8 Å². The molecule has 1 aromatic heterocycles. The number of anilines is 1. The van der Waals surface area contributed by atoms with Gasteiger partial charge >= 0.3 is 0 Å². The Morgan fingerprint density at radius 2 is 1.89 bits per heavy atom. The molecule has 2 N–H and O–H groups in total. The van der Waals surface area contributed by atoms with Crippen molar-refractivity contribution in [1.29, 1.82) is 0 Å². The normalized spacial score (nSPS) is 10.9. The molecule has 0 amide bonds. The predicted octanol–water partition coefficient (Wildman–Crippen LogP) is 3.31. The van der Waals surface area contributed by atoms with Crippen molar-refractivity contribution in [3.05, 3.63) is 59.5 Å². The second-order valence-corrected chi connectivity index (χ2v) is 4.45. The van der Waals surface area contributed by atoms with Crippen LogP contribution in [-0.4, -0.2) is 4.98 Å². The number of rotatable bonds is 2. The van der Waals surface area contributed by atoms with Crippen LogP contribution in [0, 0.1) is 6.92 Å². The van der Waals surface area contributed by atoms with Crippen molar-refractivity contribution in [1.82, 2.24) is 4.98 Å². The molecule has 0 bridgehead atoms. The number of hydrogen-bond donors (Lipinski definition) is 1. The molecule has 0 radical (unpaired) electrons. The molecule has 0 spiro atoms. The van der Waals surface area contributed by atoms with Gasteiger partial charge in [0.2, 0.25) is 0 Å². The fourth-order valence-electron chi connectivity index (χ4n) is 2.02. The van der Waals surface area contributed by atoms with Gasteiger partial charge in [-0.1, -0.05) is 24.3 Å². The van der Waals surface area contributed by atoms with Gasteiger partial charge in [-0.25, -0.2) is 4.98 Å². The van der Waals surface area contributed by atoms with Gasteiger partial charge in [-0.2, -0.15) is 0 Å². The maximum absolute atomic E-state index is 5.79. The molecule has 3 nitrogen and oxygen atoms in total. The lowest BCUT2D eigenvalue weighted by molar-refractivity contribution is 0.542. The highest BCUT2D eigenvalue weighted by Crippen LogP contribution is 2.21. The smallest absolute Gasteiger partial charge is 0.199 e. The van der Waals surface area contributed by atoms with Crippen LogP contribution in [0.4, 0.5) is 5.69 Å². The highest BCUT2D eigenvalue weighted by molar-refractivity contribution is 5.76. The third-order valence-electron chi connectivity index (χ3n) is 2.99. The van der Waals surface area contributed by atoms with E-state index in [-0.39, 0.29) is 0 Å². The van der Waals surface area contributed by atoms with Crippen LogP contribution in [0.2, 0.25) is 0 Å². The summed E-state index contributed by atoms with van der Waals surface area (Å²) in [6, 6.07) is 13.8. The van der Waals surface area contributed by atoms with E-state index in [4.69, 9.17) is 10.2 Å². The van der Waals surface area contributed by atoms with Crippen LogP contribution in [0.3, 0.4) is 0 Å². The monoisotopic (exact) mass is 238 g/mol. The van der Waals surface area contributed by atoms with Gasteiger partial charge in [-0.05, 0) is 36.2 Å². The molecule has 0 saturated carbocycles. The molecule has 3 heteroatoms. The van der Waals surface area contributed by atoms with E-state index in [1.54, 1.807) is 0 Å². The molecule has 1 heterocycles. The first kappa shape index (κ1) is 10.8. The standard InChI is InChI=1S/C15H14N2O/c1-10-3-2-4-13-15(10)18-14(17-13)9-11-5-7-12(16)8-6-11/h2-8H,9,16H2,1H3. The Bertz CT molecular complexity index is 683. The van der Waals surface area contributed by atoms with Crippen molar-refractivity contribution in [2.24, 2.45) is 0 Å². The number of hydrogen-bond acceptors (Lipinski definition) is 3. The maximum atomic E-state index is 5.79. The number of fused-ring (bicyclic) bond motifs is 1. The molecule has 18 heavy (non-hydrogen) atoms. The number of aromatic nitrogens is 1. The predicted molar refractivity (Wildman–Crippen MR) is 72.4 cm³/mol. The Labute approximate surface area is 105 Å². The van der Waals surface area contributed by atoms with Gasteiger partial charge in [0, 0.05) is 12.1 Å². The number of oxazole rings is 1. The van der Waals surface area contributed by atoms with E-state index < -0.39 is 0 Å². The quantitative estimate of drug-likeness (QED) is 0.697. The van der Waals surface area contributed by atoms with E-state index >= 15 is 0 Å². The highest BCUT2D eigenvalue weighted by atomic mass is 16.3. The topological polar surface area (TPSA) is 52.0 Å². The second kappa shape index (κ2) is 4.18. The highest BCUT2D eigenvalue weighted by Gasteiger charge is 2.08. The third-order valence-corrected chi connectivity index (χ3v) is 2.99. The molecule has 3 rings (SSSR count). The van der Waals surface area contributed by atoms with E-state index in [0.29, 0.717) is 6.42 Å². The minimum absolute atomic E-state index is 0.689. The summed E-state index contributed by atoms with van der Waals surface area (Å²) in [7, 11) is 0. The van der Waals surface area contributed by atoms with Crippen molar-refractivity contribution in [3.8, 4) is 0 Å². The van der Waals surface area contributed by atoms with Gasteiger partial charge in [0.15, 0.2) is 11.5 Å². The lowest BCUT2D eigenvalue weighted by Gasteiger charge is -1.97. The number of nitrogen functional groups attached to an aromatic ring is 1. The molecule has 0 unspecified atom stereocenters. The first-order chi connectivity index (χ1) is 8.72. The molecule has 0 saturated heterocycles. The van der Waals surface area contributed by atoms with Gasteiger partial charge in [0.05, 0.1) is 0 Å². The molecule has 0 aliphatic heterocycles. The molecule has 0 aliphatic carbocycles. The average Bonchev–Trinajstić information content (AvgIpc) is 2.76. The Hall–Kier alpha value is -2.29. The van der Waals surface area contributed by atoms with Crippen LogP contribution in [0.1, 0.15) is 17.0 Å². The largest absolute Gasteiger partial charge is 0.440 e. The first-order valence-electron chi connectivity index (χ1n) is 5.92. The Balaban J connectivity index is 1.95. The fourth-order valence-corrected chi connectivity index (χ4v) is 2.02. The lowest BCUT2D eigenvalue weighted by atomic mass is 10.1. The Kier molecular flexibility index (Phi) is 2.52. The summed E-state index contributed by atoms with van der Waals surface area (Å²) in [6.45, 7) is 2.03. The van der Waals surface area contributed by atoms with Gasteiger partial charge in [0.1, 0.15) is 5.52 Å². The third kappa shape index (κ3) is 1.95. The number of aryl methyl sites for hydroxylation is 1. The summed E-state index contributed by atoms with van der Waals surface area (Å²) >= 11 is 0. The van der Waals surface area contributed by atoms with Crippen molar-refractivity contribution in [3.63, 3.8) is 0 Å². The van der Waals surface area contributed by atoms with Crippen molar-refractivity contribution in [2.45, 2.75) is 13.3 Å². The second-order valence-electron chi connectivity index (χ2n) is 4.45. The zero-order chi connectivity index (χ0) is 12.5. The summed E-state index contributed by atoms with van der Waals surface area (Å²) in [6.07, 6.45) is 0.689. The Morgan fingerprint density at radius 3 is 2.61 bits per heavy atom. The van der Waals surface area contributed by atoms with Gasteiger partial charge < -0.3 is 10.2 Å².